The Hall–Kier alpha value is -2.40. The molecule has 3 atom stereocenters. The van der Waals surface area contributed by atoms with Crippen LogP contribution in [0.5, 0.6) is 0 Å². The Bertz CT molecular complexity index is 1040. The summed E-state index contributed by atoms with van der Waals surface area (Å²) < 4.78 is 4.26. The van der Waals surface area contributed by atoms with Crippen molar-refractivity contribution in [3.05, 3.63) is 18.6 Å². The van der Waals surface area contributed by atoms with Crippen molar-refractivity contribution >= 4 is 51.3 Å². The van der Waals surface area contributed by atoms with Crippen LogP contribution < -0.4 is 10.2 Å². The fourth-order valence-corrected chi connectivity index (χ4v) is 5.94. The van der Waals surface area contributed by atoms with Crippen molar-refractivity contribution in [1.82, 2.24) is 29.2 Å². The molecule has 2 amide bonds. The number of aromatic nitrogens is 5. The monoisotopic (exact) mass is 444 g/mol. The summed E-state index contributed by atoms with van der Waals surface area (Å²) in [5.41, 5.74) is 0.866. The summed E-state index contributed by atoms with van der Waals surface area (Å²) >= 11 is 2.82. The second kappa shape index (κ2) is 8.03. The molecule has 0 bridgehead atoms. The maximum Gasteiger partial charge on any atom is 0.323 e. The van der Waals surface area contributed by atoms with Gasteiger partial charge in [0.05, 0.1) is 5.39 Å². The molecular formula is C19H24N8OS2. The summed E-state index contributed by atoms with van der Waals surface area (Å²) in [6.07, 6.45) is 5.65. The summed E-state index contributed by atoms with van der Waals surface area (Å²) in [5.74, 6) is 2.93. The third kappa shape index (κ3) is 3.60. The smallest absolute Gasteiger partial charge is 0.323 e. The van der Waals surface area contributed by atoms with E-state index in [2.05, 4.69) is 48.5 Å². The maximum atomic E-state index is 12.7. The van der Waals surface area contributed by atoms with E-state index in [0.29, 0.717) is 23.0 Å². The number of nitrogens with zero attached hydrogens (tertiary/aromatic N) is 6. The molecule has 30 heavy (non-hydrogen) atoms. The normalized spacial score (nSPS) is 23.1. The summed E-state index contributed by atoms with van der Waals surface area (Å²) in [6.45, 7) is 3.64. The molecule has 0 aromatic carbocycles. The Morgan fingerprint density at radius 2 is 2.17 bits per heavy atom. The van der Waals surface area contributed by atoms with Crippen molar-refractivity contribution in [3.63, 3.8) is 0 Å². The van der Waals surface area contributed by atoms with Crippen molar-refractivity contribution < 1.29 is 4.79 Å². The number of nitrogens with one attached hydrogen (secondary N) is 2. The zero-order valence-corrected chi connectivity index (χ0v) is 18.5. The number of anilines is 2. The zero-order valence-electron chi connectivity index (χ0n) is 16.9. The first-order chi connectivity index (χ1) is 14.6. The lowest BCUT2D eigenvalue weighted by atomic mass is 10.0. The SMILES string of the molecule is CCSc1nsc(NC(=O)N2CC3CC(N(C)c4ncnc5[nH]ccc45)C[C@H]3C2)n1. The van der Waals surface area contributed by atoms with Gasteiger partial charge in [-0.2, -0.15) is 9.36 Å². The summed E-state index contributed by atoms with van der Waals surface area (Å²) in [4.78, 5) is 33.2. The number of carbonyl (C=O) groups is 1. The third-order valence-electron chi connectivity index (χ3n) is 6.12. The van der Waals surface area contributed by atoms with Crippen molar-refractivity contribution in [2.75, 3.05) is 36.1 Å². The summed E-state index contributed by atoms with van der Waals surface area (Å²) in [5, 5.41) is 5.27. The minimum Gasteiger partial charge on any atom is -0.356 e. The van der Waals surface area contributed by atoms with Gasteiger partial charge in [0.2, 0.25) is 10.3 Å². The Balaban J connectivity index is 1.20. The standard InChI is InChI=1S/C19H24N8OS2/c1-3-29-18-23-17(30-25-18)24-19(28)27-8-11-6-13(7-12(11)9-27)26(2)16-14-4-5-20-15(14)21-10-22-16/h4-5,10-13H,3,6-9H2,1-2H3,(H,20,21,22)(H,23,24,25,28)/t11-,12?,13?/m0/s1. The summed E-state index contributed by atoms with van der Waals surface area (Å²) in [7, 11) is 2.12. The number of thioether (sulfide) groups is 1. The van der Waals surface area contributed by atoms with E-state index in [0.717, 1.165) is 53.7 Å². The highest BCUT2D eigenvalue weighted by Gasteiger charge is 2.44. The van der Waals surface area contributed by atoms with Gasteiger partial charge >= 0.3 is 6.03 Å². The lowest BCUT2D eigenvalue weighted by Crippen LogP contribution is -2.36. The Morgan fingerprint density at radius 3 is 2.93 bits per heavy atom. The van der Waals surface area contributed by atoms with Gasteiger partial charge in [-0.25, -0.2) is 14.8 Å². The van der Waals surface area contributed by atoms with E-state index in [4.69, 9.17) is 0 Å². The predicted octanol–water partition coefficient (Wildman–Crippen LogP) is 3.30. The molecule has 1 saturated carbocycles. The predicted molar refractivity (Wildman–Crippen MR) is 119 cm³/mol. The third-order valence-corrected chi connectivity index (χ3v) is 7.60. The van der Waals surface area contributed by atoms with Crippen LogP contribution in [0.15, 0.2) is 23.7 Å². The van der Waals surface area contributed by atoms with Gasteiger partial charge in [0, 0.05) is 43.9 Å². The first-order valence-corrected chi connectivity index (χ1v) is 11.9. The highest BCUT2D eigenvalue weighted by atomic mass is 32.2. The Labute approximate surface area is 182 Å². The minimum absolute atomic E-state index is 0.0664. The molecule has 9 nitrogen and oxygen atoms in total. The maximum absolute atomic E-state index is 12.7. The molecule has 1 saturated heterocycles. The van der Waals surface area contributed by atoms with E-state index in [1.165, 1.54) is 11.5 Å². The van der Waals surface area contributed by atoms with Gasteiger partial charge in [0.15, 0.2) is 0 Å². The first-order valence-electron chi connectivity index (χ1n) is 10.2. The Morgan fingerprint density at radius 1 is 1.37 bits per heavy atom. The topological polar surface area (TPSA) is 103 Å². The highest BCUT2D eigenvalue weighted by Crippen LogP contribution is 2.41. The van der Waals surface area contributed by atoms with Crippen LogP contribution in [0.2, 0.25) is 0 Å². The molecule has 3 aromatic rings. The lowest BCUT2D eigenvalue weighted by molar-refractivity contribution is 0.218. The molecule has 2 fully saturated rings. The molecular weight excluding hydrogens is 420 g/mol. The van der Waals surface area contributed by atoms with Crippen molar-refractivity contribution in [2.24, 2.45) is 11.8 Å². The van der Waals surface area contributed by atoms with Crippen LogP contribution in [-0.2, 0) is 0 Å². The fraction of sp³-hybridized carbons (Fsp3) is 0.526. The number of amides is 2. The minimum atomic E-state index is -0.0664. The average Bonchev–Trinajstić information content (AvgIpc) is 3.50. The van der Waals surface area contributed by atoms with Crippen LogP contribution in [0.3, 0.4) is 0 Å². The number of likely N-dealkylation sites (tertiary alicyclic amines) is 1. The number of rotatable bonds is 5. The van der Waals surface area contributed by atoms with Crippen LogP contribution in [0.25, 0.3) is 11.0 Å². The van der Waals surface area contributed by atoms with Gasteiger partial charge < -0.3 is 14.8 Å². The van der Waals surface area contributed by atoms with Gasteiger partial charge in [0.25, 0.3) is 0 Å². The second-order valence-electron chi connectivity index (χ2n) is 7.84. The molecule has 158 valence electrons. The molecule has 2 aliphatic rings. The Kier molecular flexibility index (Phi) is 5.23. The molecule has 0 radical (unpaired) electrons. The molecule has 2 N–H and O–H groups in total. The van der Waals surface area contributed by atoms with Crippen LogP contribution in [0.1, 0.15) is 19.8 Å². The van der Waals surface area contributed by atoms with E-state index in [1.807, 2.05) is 17.2 Å². The molecule has 3 aromatic heterocycles. The lowest BCUT2D eigenvalue weighted by Gasteiger charge is -2.27. The molecule has 2 unspecified atom stereocenters. The highest BCUT2D eigenvalue weighted by molar-refractivity contribution is 7.99. The van der Waals surface area contributed by atoms with Crippen molar-refractivity contribution in [2.45, 2.75) is 31.0 Å². The largest absolute Gasteiger partial charge is 0.356 e. The number of hydrogen-bond donors (Lipinski definition) is 2. The number of fused-ring (bicyclic) bond motifs is 2. The number of hydrogen-bond acceptors (Lipinski definition) is 8. The number of carbonyl (C=O) groups excluding carboxylic acids is 1. The van der Waals surface area contributed by atoms with Crippen LogP contribution >= 0.6 is 23.3 Å². The van der Waals surface area contributed by atoms with E-state index < -0.39 is 0 Å². The van der Waals surface area contributed by atoms with Gasteiger partial charge in [-0.15, -0.1) is 0 Å². The zero-order chi connectivity index (χ0) is 20.7. The molecule has 11 heteroatoms. The molecule has 1 aliphatic heterocycles. The van der Waals surface area contributed by atoms with Crippen molar-refractivity contribution in [3.8, 4) is 0 Å². The summed E-state index contributed by atoms with van der Waals surface area (Å²) in [6, 6.07) is 2.39. The van der Waals surface area contributed by atoms with E-state index in [9.17, 15) is 4.79 Å². The number of H-pyrrole nitrogens is 1. The van der Waals surface area contributed by atoms with E-state index in [1.54, 1.807) is 18.1 Å². The van der Waals surface area contributed by atoms with Crippen molar-refractivity contribution in [1.29, 1.82) is 0 Å². The van der Waals surface area contributed by atoms with Crippen LogP contribution in [0.4, 0.5) is 15.7 Å². The average molecular weight is 445 g/mol. The quantitative estimate of drug-likeness (QED) is 0.582. The van der Waals surface area contributed by atoms with Gasteiger partial charge in [-0.05, 0) is 36.5 Å². The molecule has 0 spiro atoms. The molecule has 4 heterocycles. The van der Waals surface area contributed by atoms with Crippen LogP contribution in [-0.4, -0.2) is 67.2 Å². The molecule has 5 rings (SSSR count). The van der Waals surface area contributed by atoms with Gasteiger partial charge in [-0.1, -0.05) is 18.7 Å². The number of urea groups is 1. The first kappa shape index (κ1) is 19.6. The second-order valence-corrected chi connectivity index (χ2v) is 9.83. The van der Waals surface area contributed by atoms with E-state index in [-0.39, 0.29) is 6.03 Å². The number of aromatic amines is 1. The van der Waals surface area contributed by atoms with Gasteiger partial charge in [-0.3, -0.25) is 5.32 Å². The molecule has 1 aliphatic carbocycles. The van der Waals surface area contributed by atoms with Crippen LogP contribution in [0, 0.1) is 11.8 Å². The fourth-order valence-electron chi connectivity index (χ4n) is 4.68. The van der Waals surface area contributed by atoms with E-state index >= 15 is 0 Å². The van der Waals surface area contributed by atoms with Gasteiger partial charge in [0.1, 0.15) is 17.8 Å².